The van der Waals surface area contributed by atoms with Gasteiger partial charge in [-0.3, -0.25) is 4.79 Å². The van der Waals surface area contributed by atoms with E-state index in [-0.39, 0.29) is 5.78 Å². The highest BCUT2D eigenvalue weighted by molar-refractivity contribution is 6.33. The van der Waals surface area contributed by atoms with Crippen LogP contribution in [-0.4, -0.2) is 18.9 Å². The maximum atomic E-state index is 11.7. The molecule has 0 atom stereocenters. The number of unbranched alkanes of at least 4 members (excludes halogenated alkanes) is 1. The van der Waals surface area contributed by atoms with E-state index in [0.717, 1.165) is 19.4 Å². The van der Waals surface area contributed by atoms with Gasteiger partial charge in [-0.25, -0.2) is 0 Å². The van der Waals surface area contributed by atoms with Crippen LogP contribution in [0.25, 0.3) is 0 Å². The second kappa shape index (κ2) is 6.51. The molecule has 0 aliphatic heterocycles. The van der Waals surface area contributed by atoms with Crippen molar-refractivity contribution < 1.29 is 4.79 Å². The zero-order valence-electron chi connectivity index (χ0n) is 9.42. The van der Waals surface area contributed by atoms with Crippen molar-refractivity contribution in [3.05, 3.63) is 28.8 Å². The number of carbonyl (C=O) groups is 1. The minimum atomic E-state index is 0.0412. The number of nitrogen functional groups attached to an aromatic ring is 1. The van der Waals surface area contributed by atoms with E-state index in [0.29, 0.717) is 22.8 Å². The van der Waals surface area contributed by atoms with Crippen LogP contribution < -0.4 is 11.1 Å². The molecule has 0 aliphatic carbocycles. The van der Waals surface area contributed by atoms with Crippen molar-refractivity contribution >= 4 is 23.1 Å². The Morgan fingerprint density at radius 3 is 2.88 bits per heavy atom. The molecular formula is C12H17ClN2O. The molecule has 0 aliphatic rings. The number of halogens is 1. The third kappa shape index (κ3) is 3.83. The van der Waals surface area contributed by atoms with Gasteiger partial charge in [0, 0.05) is 5.56 Å². The average molecular weight is 241 g/mol. The standard InChI is InChI=1S/C12H17ClN2O/c1-2-3-6-15-8-12(16)9-4-5-10(13)11(14)7-9/h4-5,7,15H,2-3,6,8,14H2,1H3. The maximum Gasteiger partial charge on any atom is 0.176 e. The van der Waals surface area contributed by atoms with Gasteiger partial charge in [-0.15, -0.1) is 0 Å². The van der Waals surface area contributed by atoms with Crippen molar-refractivity contribution in [3.8, 4) is 0 Å². The first-order valence-corrected chi connectivity index (χ1v) is 5.82. The minimum Gasteiger partial charge on any atom is -0.398 e. The van der Waals surface area contributed by atoms with Crippen LogP contribution in [0, 0.1) is 0 Å². The molecule has 0 aromatic heterocycles. The van der Waals surface area contributed by atoms with Gasteiger partial charge in [0.05, 0.1) is 17.3 Å². The molecule has 3 nitrogen and oxygen atoms in total. The topological polar surface area (TPSA) is 55.1 Å². The first kappa shape index (κ1) is 13.0. The van der Waals surface area contributed by atoms with Gasteiger partial charge in [-0.1, -0.05) is 24.9 Å². The van der Waals surface area contributed by atoms with Crippen molar-refractivity contribution in [1.29, 1.82) is 0 Å². The molecule has 1 aromatic rings. The van der Waals surface area contributed by atoms with Crippen LogP contribution in [0.15, 0.2) is 18.2 Å². The number of benzene rings is 1. The zero-order valence-corrected chi connectivity index (χ0v) is 10.2. The van der Waals surface area contributed by atoms with Crippen molar-refractivity contribution in [2.75, 3.05) is 18.8 Å². The third-order valence-electron chi connectivity index (χ3n) is 2.31. The van der Waals surface area contributed by atoms with E-state index in [4.69, 9.17) is 17.3 Å². The van der Waals surface area contributed by atoms with Crippen molar-refractivity contribution in [2.24, 2.45) is 0 Å². The third-order valence-corrected chi connectivity index (χ3v) is 2.65. The summed E-state index contributed by atoms with van der Waals surface area (Å²) in [6.07, 6.45) is 2.20. The smallest absolute Gasteiger partial charge is 0.176 e. The van der Waals surface area contributed by atoms with Crippen LogP contribution in [0.1, 0.15) is 30.1 Å². The molecule has 4 heteroatoms. The molecule has 88 valence electrons. The molecule has 0 saturated carbocycles. The molecule has 0 saturated heterocycles. The zero-order chi connectivity index (χ0) is 12.0. The Hall–Kier alpha value is -1.06. The van der Waals surface area contributed by atoms with E-state index in [2.05, 4.69) is 12.2 Å². The lowest BCUT2D eigenvalue weighted by Crippen LogP contribution is -2.24. The summed E-state index contributed by atoms with van der Waals surface area (Å²) >= 11 is 5.78. The summed E-state index contributed by atoms with van der Waals surface area (Å²) in [4.78, 5) is 11.7. The Labute approximate surface area is 101 Å². The SMILES string of the molecule is CCCCNCC(=O)c1ccc(Cl)c(N)c1. The number of hydrogen-bond acceptors (Lipinski definition) is 3. The van der Waals surface area contributed by atoms with E-state index in [1.807, 2.05) is 0 Å². The highest BCUT2D eigenvalue weighted by atomic mass is 35.5. The van der Waals surface area contributed by atoms with E-state index in [9.17, 15) is 4.79 Å². The molecule has 0 heterocycles. The number of anilines is 1. The Bertz CT molecular complexity index is 366. The van der Waals surface area contributed by atoms with Crippen LogP contribution >= 0.6 is 11.6 Å². The second-order valence-electron chi connectivity index (χ2n) is 3.69. The Balaban J connectivity index is 2.50. The maximum absolute atomic E-state index is 11.7. The van der Waals surface area contributed by atoms with Gasteiger partial charge in [-0.2, -0.15) is 0 Å². The molecule has 16 heavy (non-hydrogen) atoms. The summed E-state index contributed by atoms with van der Waals surface area (Å²) in [5, 5.41) is 3.58. The lowest BCUT2D eigenvalue weighted by atomic mass is 10.1. The normalized spacial score (nSPS) is 10.4. The summed E-state index contributed by atoms with van der Waals surface area (Å²) in [7, 11) is 0. The quantitative estimate of drug-likeness (QED) is 0.456. The fourth-order valence-electron chi connectivity index (χ4n) is 1.32. The van der Waals surface area contributed by atoms with Crippen LogP contribution in [-0.2, 0) is 0 Å². The van der Waals surface area contributed by atoms with Crippen molar-refractivity contribution in [3.63, 3.8) is 0 Å². The number of nitrogens with one attached hydrogen (secondary N) is 1. The first-order valence-electron chi connectivity index (χ1n) is 5.44. The predicted molar refractivity (Wildman–Crippen MR) is 68.0 cm³/mol. The number of carbonyl (C=O) groups excluding carboxylic acids is 1. The summed E-state index contributed by atoms with van der Waals surface area (Å²) in [5.74, 6) is 0.0412. The van der Waals surface area contributed by atoms with Gasteiger partial charge in [0.2, 0.25) is 0 Å². The van der Waals surface area contributed by atoms with E-state index < -0.39 is 0 Å². The molecule has 3 N–H and O–H groups in total. The lowest BCUT2D eigenvalue weighted by Gasteiger charge is -2.05. The molecule has 1 rings (SSSR count). The second-order valence-corrected chi connectivity index (χ2v) is 4.10. The predicted octanol–water partition coefficient (Wildman–Crippen LogP) is 2.49. The largest absolute Gasteiger partial charge is 0.398 e. The molecule has 0 spiro atoms. The van der Waals surface area contributed by atoms with Crippen molar-refractivity contribution in [1.82, 2.24) is 5.32 Å². The first-order chi connectivity index (χ1) is 7.65. The van der Waals surface area contributed by atoms with Crippen LogP contribution in [0.2, 0.25) is 5.02 Å². The van der Waals surface area contributed by atoms with E-state index in [1.54, 1.807) is 18.2 Å². The average Bonchev–Trinajstić information content (AvgIpc) is 2.28. The van der Waals surface area contributed by atoms with Crippen LogP contribution in [0.5, 0.6) is 0 Å². The van der Waals surface area contributed by atoms with Gasteiger partial charge in [0.15, 0.2) is 5.78 Å². The molecule has 0 unspecified atom stereocenters. The van der Waals surface area contributed by atoms with Gasteiger partial charge >= 0.3 is 0 Å². The summed E-state index contributed by atoms with van der Waals surface area (Å²) in [6.45, 7) is 3.33. The molecule has 1 aromatic carbocycles. The van der Waals surface area contributed by atoms with Gasteiger partial charge in [0.25, 0.3) is 0 Å². The number of rotatable bonds is 6. The Morgan fingerprint density at radius 1 is 1.50 bits per heavy atom. The molecular weight excluding hydrogens is 224 g/mol. The lowest BCUT2D eigenvalue weighted by molar-refractivity contribution is 0.0991. The number of hydrogen-bond donors (Lipinski definition) is 2. The minimum absolute atomic E-state index is 0.0412. The van der Waals surface area contributed by atoms with Gasteiger partial charge < -0.3 is 11.1 Å². The number of Topliss-reactive ketones (excluding diaryl/α,β-unsaturated/α-hetero) is 1. The molecule has 0 amide bonds. The van der Waals surface area contributed by atoms with Crippen molar-refractivity contribution in [2.45, 2.75) is 19.8 Å². The Kier molecular flexibility index (Phi) is 5.29. The Morgan fingerprint density at radius 2 is 2.25 bits per heavy atom. The molecule has 0 fully saturated rings. The fourth-order valence-corrected chi connectivity index (χ4v) is 1.44. The number of nitrogens with two attached hydrogens (primary N) is 1. The summed E-state index contributed by atoms with van der Waals surface area (Å²) in [5.41, 5.74) is 6.68. The molecule has 0 bridgehead atoms. The highest BCUT2D eigenvalue weighted by Crippen LogP contribution is 2.19. The number of ketones is 1. The van der Waals surface area contributed by atoms with Crippen LogP contribution in [0.4, 0.5) is 5.69 Å². The summed E-state index contributed by atoms with van der Waals surface area (Å²) < 4.78 is 0. The summed E-state index contributed by atoms with van der Waals surface area (Å²) in [6, 6.07) is 4.96. The highest BCUT2D eigenvalue weighted by Gasteiger charge is 2.06. The molecule has 0 radical (unpaired) electrons. The van der Waals surface area contributed by atoms with Gasteiger partial charge in [0.1, 0.15) is 0 Å². The van der Waals surface area contributed by atoms with E-state index >= 15 is 0 Å². The van der Waals surface area contributed by atoms with E-state index in [1.165, 1.54) is 0 Å². The van der Waals surface area contributed by atoms with Crippen LogP contribution in [0.3, 0.4) is 0 Å². The van der Waals surface area contributed by atoms with Gasteiger partial charge in [-0.05, 0) is 31.2 Å². The fraction of sp³-hybridized carbons (Fsp3) is 0.417. The monoisotopic (exact) mass is 240 g/mol.